The maximum atomic E-state index is 13.6. The van der Waals surface area contributed by atoms with Crippen molar-refractivity contribution in [3.05, 3.63) is 34.6 Å². The molecule has 0 fully saturated rings. The molecule has 1 aromatic rings. The lowest BCUT2D eigenvalue weighted by molar-refractivity contribution is 0.174. The number of aryl methyl sites for hydroxylation is 2. The fraction of sp³-hybridized carbons (Fsp3) is 0.562. The summed E-state index contributed by atoms with van der Waals surface area (Å²) in [5.41, 5.74) is 2.03. The highest BCUT2D eigenvalue weighted by Gasteiger charge is 2.16. The highest BCUT2D eigenvalue weighted by atomic mass is 19.1. The predicted molar refractivity (Wildman–Crippen MR) is 81.8 cm³/mol. The van der Waals surface area contributed by atoms with Gasteiger partial charge in [0, 0.05) is 13.1 Å². The molecule has 1 aromatic carbocycles. The first kappa shape index (κ1) is 17.4. The van der Waals surface area contributed by atoms with Crippen molar-refractivity contribution in [2.45, 2.75) is 40.2 Å². The van der Waals surface area contributed by atoms with E-state index in [2.05, 4.69) is 5.32 Å². The Balaban J connectivity index is 2.80. The van der Waals surface area contributed by atoms with Crippen molar-refractivity contribution < 1.29 is 14.3 Å². The summed E-state index contributed by atoms with van der Waals surface area (Å²) in [5, 5.41) is 11.9. The van der Waals surface area contributed by atoms with Crippen LogP contribution >= 0.6 is 0 Å². The molecule has 0 bridgehead atoms. The minimum Gasteiger partial charge on any atom is -0.395 e. The van der Waals surface area contributed by atoms with Gasteiger partial charge >= 0.3 is 6.03 Å². The second-order valence-electron chi connectivity index (χ2n) is 5.35. The molecule has 4 nitrogen and oxygen atoms in total. The molecule has 0 radical (unpaired) electrons. The van der Waals surface area contributed by atoms with E-state index in [9.17, 15) is 9.18 Å². The number of benzene rings is 1. The maximum Gasteiger partial charge on any atom is 0.317 e. The van der Waals surface area contributed by atoms with Gasteiger partial charge in [0.15, 0.2) is 0 Å². The van der Waals surface area contributed by atoms with Gasteiger partial charge in [-0.25, -0.2) is 9.18 Å². The Morgan fingerprint density at radius 3 is 2.38 bits per heavy atom. The predicted octanol–water partition coefficient (Wildman–Crippen LogP) is 2.92. The van der Waals surface area contributed by atoms with Crippen LogP contribution in [0.5, 0.6) is 0 Å². The zero-order valence-corrected chi connectivity index (χ0v) is 13.2. The molecule has 0 aliphatic rings. The molecule has 1 atom stereocenters. The highest BCUT2D eigenvalue weighted by Crippen LogP contribution is 2.20. The van der Waals surface area contributed by atoms with E-state index in [-0.39, 0.29) is 24.5 Å². The van der Waals surface area contributed by atoms with Gasteiger partial charge in [0.1, 0.15) is 5.82 Å². The number of nitrogens with zero attached hydrogens (tertiary/aromatic N) is 1. The van der Waals surface area contributed by atoms with Crippen LogP contribution < -0.4 is 5.32 Å². The lowest BCUT2D eigenvalue weighted by Gasteiger charge is -2.24. The number of nitrogens with one attached hydrogen (secondary N) is 1. The molecule has 0 aromatic heterocycles. The Hall–Kier alpha value is -1.62. The highest BCUT2D eigenvalue weighted by molar-refractivity contribution is 5.74. The van der Waals surface area contributed by atoms with Crippen LogP contribution in [0.3, 0.4) is 0 Å². The Kier molecular flexibility index (Phi) is 6.62. The summed E-state index contributed by atoms with van der Waals surface area (Å²) in [4.78, 5) is 13.8. The summed E-state index contributed by atoms with van der Waals surface area (Å²) in [6.07, 6.45) is 0.830. The molecule has 1 rings (SSSR count). The third-order valence-electron chi connectivity index (χ3n) is 3.45. The Labute approximate surface area is 126 Å². The summed E-state index contributed by atoms with van der Waals surface area (Å²) in [7, 11) is 0. The van der Waals surface area contributed by atoms with Gasteiger partial charge in [-0.2, -0.15) is 0 Å². The quantitative estimate of drug-likeness (QED) is 0.848. The molecule has 0 spiro atoms. The molecule has 0 heterocycles. The van der Waals surface area contributed by atoms with Crippen LogP contribution in [0.15, 0.2) is 12.1 Å². The van der Waals surface area contributed by atoms with Crippen LogP contribution in [-0.2, 0) is 0 Å². The van der Waals surface area contributed by atoms with Crippen LogP contribution in [0.1, 0.15) is 43.0 Å². The van der Waals surface area contributed by atoms with Gasteiger partial charge < -0.3 is 15.3 Å². The molecule has 21 heavy (non-hydrogen) atoms. The average molecular weight is 296 g/mol. The van der Waals surface area contributed by atoms with E-state index in [1.165, 1.54) is 0 Å². The van der Waals surface area contributed by atoms with Gasteiger partial charge in [0.2, 0.25) is 0 Å². The summed E-state index contributed by atoms with van der Waals surface area (Å²) >= 11 is 0. The first-order valence-corrected chi connectivity index (χ1v) is 7.33. The lowest BCUT2D eigenvalue weighted by Crippen LogP contribution is -2.42. The second kappa shape index (κ2) is 7.98. The molecular weight excluding hydrogens is 271 g/mol. The van der Waals surface area contributed by atoms with Crippen molar-refractivity contribution in [3.63, 3.8) is 0 Å². The summed E-state index contributed by atoms with van der Waals surface area (Å²) in [6.45, 7) is 8.14. The van der Waals surface area contributed by atoms with E-state index >= 15 is 0 Å². The third-order valence-corrected chi connectivity index (χ3v) is 3.45. The maximum absolute atomic E-state index is 13.6. The number of carbonyl (C=O) groups is 1. The molecule has 118 valence electrons. The van der Waals surface area contributed by atoms with E-state index < -0.39 is 0 Å². The van der Waals surface area contributed by atoms with E-state index in [4.69, 9.17) is 5.11 Å². The van der Waals surface area contributed by atoms with Crippen LogP contribution in [0.2, 0.25) is 0 Å². The first-order valence-electron chi connectivity index (χ1n) is 7.33. The molecule has 1 unspecified atom stereocenters. The summed E-state index contributed by atoms with van der Waals surface area (Å²) in [5.74, 6) is -0.204. The van der Waals surface area contributed by atoms with Gasteiger partial charge in [-0.15, -0.1) is 0 Å². The summed E-state index contributed by atoms with van der Waals surface area (Å²) in [6, 6.07) is 3.08. The third kappa shape index (κ3) is 4.70. The van der Waals surface area contributed by atoms with Gasteiger partial charge in [-0.3, -0.25) is 0 Å². The smallest absolute Gasteiger partial charge is 0.317 e. The Morgan fingerprint density at radius 1 is 1.33 bits per heavy atom. The van der Waals surface area contributed by atoms with E-state index in [0.29, 0.717) is 24.2 Å². The van der Waals surface area contributed by atoms with Gasteiger partial charge in [-0.1, -0.05) is 19.1 Å². The number of hydrogen-bond donors (Lipinski definition) is 2. The molecule has 0 saturated heterocycles. The zero-order chi connectivity index (χ0) is 16.0. The van der Waals surface area contributed by atoms with E-state index in [0.717, 1.165) is 12.0 Å². The number of amides is 2. The Bertz CT molecular complexity index is 462. The standard InChI is InChI=1S/C16H25FN2O2/c1-5-6-19(7-8-20)16(21)18-13(4)14-9-11(2)15(17)12(3)10-14/h9-10,13,20H,5-8H2,1-4H3,(H,18,21). The number of aliphatic hydroxyl groups is 1. The van der Waals surface area contributed by atoms with Gasteiger partial charge in [0.25, 0.3) is 0 Å². The summed E-state index contributed by atoms with van der Waals surface area (Å²) < 4.78 is 13.6. The van der Waals surface area contributed by atoms with Crippen LogP contribution in [0.4, 0.5) is 9.18 Å². The minimum atomic E-state index is -0.214. The van der Waals surface area contributed by atoms with Crippen molar-refractivity contribution in [3.8, 4) is 0 Å². The van der Waals surface area contributed by atoms with Gasteiger partial charge in [-0.05, 0) is 43.9 Å². The normalized spacial score (nSPS) is 12.1. The number of hydrogen-bond acceptors (Lipinski definition) is 2. The van der Waals surface area contributed by atoms with Crippen molar-refractivity contribution in [2.24, 2.45) is 0 Å². The lowest BCUT2D eigenvalue weighted by atomic mass is 10.0. The molecule has 0 saturated carbocycles. The second-order valence-corrected chi connectivity index (χ2v) is 5.35. The molecule has 0 aliphatic heterocycles. The monoisotopic (exact) mass is 296 g/mol. The molecule has 5 heteroatoms. The minimum absolute atomic E-state index is 0.0590. The van der Waals surface area contributed by atoms with Crippen molar-refractivity contribution >= 4 is 6.03 Å². The molecule has 2 N–H and O–H groups in total. The van der Waals surface area contributed by atoms with Crippen molar-refractivity contribution in [2.75, 3.05) is 19.7 Å². The van der Waals surface area contributed by atoms with Crippen LogP contribution in [0, 0.1) is 19.7 Å². The fourth-order valence-electron chi connectivity index (χ4n) is 2.29. The Morgan fingerprint density at radius 2 is 1.90 bits per heavy atom. The van der Waals surface area contributed by atoms with Crippen molar-refractivity contribution in [1.29, 1.82) is 0 Å². The number of aliphatic hydroxyl groups excluding tert-OH is 1. The molecular formula is C16H25FN2O2. The fourth-order valence-corrected chi connectivity index (χ4v) is 2.29. The van der Waals surface area contributed by atoms with Crippen LogP contribution in [0.25, 0.3) is 0 Å². The largest absolute Gasteiger partial charge is 0.395 e. The SMILES string of the molecule is CCCN(CCO)C(=O)NC(C)c1cc(C)c(F)c(C)c1. The van der Waals surface area contributed by atoms with Crippen molar-refractivity contribution in [1.82, 2.24) is 10.2 Å². The van der Waals surface area contributed by atoms with E-state index in [1.807, 2.05) is 13.8 Å². The number of rotatable bonds is 6. The average Bonchev–Trinajstić information content (AvgIpc) is 2.43. The number of carbonyl (C=O) groups excluding carboxylic acids is 1. The van der Waals surface area contributed by atoms with Crippen LogP contribution in [-0.4, -0.2) is 35.7 Å². The number of urea groups is 1. The topological polar surface area (TPSA) is 52.6 Å². The number of halogens is 1. The van der Waals surface area contributed by atoms with Gasteiger partial charge in [0.05, 0.1) is 12.6 Å². The first-order chi connectivity index (χ1) is 9.90. The van der Waals surface area contributed by atoms with E-state index in [1.54, 1.807) is 30.9 Å². The molecule has 0 aliphatic carbocycles. The molecule has 2 amide bonds. The zero-order valence-electron chi connectivity index (χ0n) is 13.2.